The number of carbonyl (C=O) groups excluding carboxylic acids is 1. The highest BCUT2D eigenvalue weighted by molar-refractivity contribution is 5.78. The number of nitrogens with one attached hydrogen (secondary N) is 1. The van der Waals surface area contributed by atoms with Crippen LogP contribution in [0.2, 0.25) is 0 Å². The second-order valence-electron chi connectivity index (χ2n) is 7.58. The molecule has 26 heavy (non-hydrogen) atoms. The monoisotopic (exact) mass is 352 g/mol. The van der Waals surface area contributed by atoms with Crippen LogP contribution in [0.3, 0.4) is 0 Å². The highest BCUT2D eigenvalue weighted by atomic mass is 16.1. The molecular weight excluding hydrogens is 324 g/mol. The van der Waals surface area contributed by atoms with E-state index < -0.39 is 0 Å². The van der Waals surface area contributed by atoms with Crippen molar-refractivity contribution in [3.8, 4) is 0 Å². The van der Waals surface area contributed by atoms with E-state index in [1.54, 1.807) is 0 Å². The number of aromatic nitrogens is 2. The zero-order valence-corrected chi connectivity index (χ0v) is 15.4. The van der Waals surface area contributed by atoms with Crippen LogP contribution in [-0.4, -0.2) is 33.4 Å². The van der Waals surface area contributed by atoms with Crippen LogP contribution < -0.4 is 5.32 Å². The number of fused-ring (bicyclic) bond motifs is 1. The Labute approximate surface area is 155 Å². The van der Waals surface area contributed by atoms with Crippen molar-refractivity contribution in [2.45, 2.75) is 51.7 Å². The molecule has 1 N–H and O–H groups in total. The largest absolute Gasteiger partial charge is 0.350 e. The summed E-state index contributed by atoms with van der Waals surface area (Å²) >= 11 is 0. The van der Waals surface area contributed by atoms with Crippen LogP contribution in [-0.2, 0) is 30.8 Å². The van der Waals surface area contributed by atoms with Gasteiger partial charge >= 0.3 is 0 Å². The molecule has 0 bridgehead atoms. The van der Waals surface area contributed by atoms with E-state index in [0.29, 0.717) is 6.54 Å². The zero-order valence-electron chi connectivity index (χ0n) is 15.4. The van der Waals surface area contributed by atoms with E-state index in [9.17, 15) is 4.79 Å². The van der Waals surface area contributed by atoms with Gasteiger partial charge in [-0.05, 0) is 37.8 Å². The van der Waals surface area contributed by atoms with E-state index in [4.69, 9.17) is 0 Å². The molecule has 1 unspecified atom stereocenters. The van der Waals surface area contributed by atoms with Gasteiger partial charge in [-0.15, -0.1) is 0 Å². The molecule has 5 nitrogen and oxygen atoms in total. The van der Waals surface area contributed by atoms with Crippen LogP contribution in [0.4, 0.5) is 0 Å². The number of benzene rings is 1. The van der Waals surface area contributed by atoms with Crippen LogP contribution in [0, 0.1) is 5.92 Å². The van der Waals surface area contributed by atoms with Crippen molar-refractivity contribution in [1.82, 2.24) is 19.8 Å². The molecule has 3 heterocycles. The molecule has 0 aliphatic carbocycles. The Balaban J connectivity index is 1.29. The van der Waals surface area contributed by atoms with Gasteiger partial charge in [-0.25, -0.2) is 4.98 Å². The first-order valence-corrected chi connectivity index (χ1v) is 9.87. The maximum absolute atomic E-state index is 12.6. The first-order chi connectivity index (χ1) is 12.8. The molecule has 0 spiro atoms. The molecule has 0 radical (unpaired) electrons. The first kappa shape index (κ1) is 17.3. The van der Waals surface area contributed by atoms with Gasteiger partial charge in [-0.3, -0.25) is 9.69 Å². The minimum Gasteiger partial charge on any atom is -0.350 e. The van der Waals surface area contributed by atoms with Crippen molar-refractivity contribution < 1.29 is 4.79 Å². The number of nitrogens with zero attached hydrogens (tertiary/aromatic N) is 3. The third-order valence-electron chi connectivity index (χ3n) is 5.53. The lowest BCUT2D eigenvalue weighted by Crippen LogP contribution is -2.42. The summed E-state index contributed by atoms with van der Waals surface area (Å²) in [6.07, 6.45) is 7.69. The van der Waals surface area contributed by atoms with Crippen molar-refractivity contribution in [1.29, 1.82) is 0 Å². The Hall–Kier alpha value is -2.14. The fraction of sp³-hybridized carbons (Fsp3) is 0.524. The van der Waals surface area contributed by atoms with Crippen LogP contribution in [0.15, 0.2) is 36.5 Å². The van der Waals surface area contributed by atoms with Crippen LogP contribution >= 0.6 is 0 Å². The van der Waals surface area contributed by atoms with Gasteiger partial charge < -0.3 is 9.88 Å². The van der Waals surface area contributed by atoms with Gasteiger partial charge in [-0.2, -0.15) is 0 Å². The number of aryl methyl sites for hydroxylation is 2. The second kappa shape index (κ2) is 8.04. The molecule has 2 aliphatic heterocycles. The SMILES string of the molecule is O=C(NCc1cn2c(n1)CCCC2)C1CCCN(Cc2ccccc2)C1. The van der Waals surface area contributed by atoms with Crippen molar-refractivity contribution in [3.05, 3.63) is 53.6 Å². The predicted molar refractivity (Wildman–Crippen MR) is 101 cm³/mol. The van der Waals surface area contributed by atoms with Gasteiger partial charge in [-0.1, -0.05) is 30.3 Å². The van der Waals surface area contributed by atoms with E-state index >= 15 is 0 Å². The lowest BCUT2D eigenvalue weighted by atomic mass is 9.96. The summed E-state index contributed by atoms with van der Waals surface area (Å²) < 4.78 is 2.24. The molecule has 2 aliphatic rings. The summed E-state index contributed by atoms with van der Waals surface area (Å²) in [5, 5.41) is 3.12. The summed E-state index contributed by atoms with van der Waals surface area (Å²) in [6.45, 7) is 4.46. The fourth-order valence-corrected chi connectivity index (χ4v) is 4.13. The molecule has 1 atom stereocenters. The number of carbonyl (C=O) groups is 1. The van der Waals surface area contributed by atoms with Gasteiger partial charge in [0.1, 0.15) is 5.82 Å². The van der Waals surface area contributed by atoms with Crippen molar-refractivity contribution in [2.24, 2.45) is 5.92 Å². The average molecular weight is 352 g/mol. The Bertz CT molecular complexity index is 716. The summed E-state index contributed by atoms with van der Waals surface area (Å²) in [5.74, 6) is 1.44. The van der Waals surface area contributed by atoms with E-state index in [1.807, 2.05) is 6.07 Å². The molecule has 1 aromatic carbocycles. The minimum absolute atomic E-state index is 0.0877. The number of piperidine rings is 1. The van der Waals surface area contributed by atoms with Gasteiger partial charge in [0.15, 0.2) is 0 Å². The van der Waals surface area contributed by atoms with Gasteiger partial charge in [0.25, 0.3) is 0 Å². The Morgan fingerprint density at radius 2 is 2.04 bits per heavy atom. The number of hydrogen-bond donors (Lipinski definition) is 1. The highest BCUT2D eigenvalue weighted by Crippen LogP contribution is 2.19. The maximum atomic E-state index is 12.6. The van der Waals surface area contributed by atoms with Crippen molar-refractivity contribution >= 4 is 5.91 Å². The highest BCUT2D eigenvalue weighted by Gasteiger charge is 2.25. The molecule has 1 fully saturated rings. The quantitative estimate of drug-likeness (QED) is 0.900. The molecule has 5 heteroatoms. The van der Waals surface area contributed by atoms with Gasteiger partial charge in [0.2, 0.25) is 5.91 Å². The summed E-state index contributed by atoms with van der Waals surface area (Å²) in [4.78, 5) is 19.7. The van der Waals surface area contributed by atoms with E-state index in [1.165, 1.54) is 24.2 Å². The molecule has 1 saturated heterocycles. The number of likely N-dealkylation sites (tertiary alicyclic amines) is 1. The molecule has 1 aromatic heterocycles. The van der Waals surface area contributed by atoms with E-state index in [2.05, 4.69) is 50.2 Å². The average Bonchev–Trinajstić information content (AvgIpc) is 3.10. The lowest BCUT2D eigenvalue weighted by Gasteiger charge is -2.32. The standard InChI is InChI=1S/C21H28N4O/c26-21(22-13-19-16-25-12-5-4-10-20(25)23-19)18-9-6-11-24(15-18)14-17-7-2-1-3-8-17/h1-3,7-8,16,18H,4-6,9-15H2,(H,22,26). The second-order valence-corrected chi connectivity index (χ2v) is 7.58. The lowest BCUT2D eigenvalue weighted by molar-refractivity contribution is -0.127. The Morgan fingerprint density at radius 3 is 2.88 bits per heavy atom. The molecular formula is C21H28N4O. The van der Waals surface area contributed by atoms with Crippen molar-refractivity contribution in [2.75, 3.05) is 13.1 Å². The summed E-state index contributed by atoms with van der Waals surface area (Å²) in [6, 6.07) is 10.5. The first-order valence-electron chi connectivity index (χ1n) is 9.87. The topological polar surface area (TPSA) is 50.2 Å². The minimum atomic E-state index is 0.0877. The van der Waals surface area contributed by atoms with E-state index in [-0.39, 0.29) is 11.8 Å². The number of hydrogen-bond acceptors (Lipinski definition) is 3. The third-order valence-corrected chi connectivity index (χ3v) is 5.53. The number of rotatable bonds is 5. The molecule has 4 rings (SSSR count). The van der Waals surface area contributed by atoms with Crippen LogP contribution in [0.25, 0.3) is 0 Å². The Morgan fingerprint density at radius 1 is 1.15 bits per heavy atom. The summed E-state index contributed by atoms with van der Waals surface area (Å²) in [5.41, 5.74) is 2.31. The van der Waals surface area contributed by atoms with Gasteiger partial charge in [0, 0.05) is 32.3 Å². The number of amides is 1. The van der Waals surface area contributed by atoms with Gasteiger partial charge in [0.05, 0.1) is 18.2 Å². The molecule has 2 aromatic rings. The number of imidazole rings is 1. The normalized spacial score (nSPS) is 20.5. The third kappa shape index (κ3) is 4.15. The zero-order chi connectivity index (χ0) is 17.8. The van der Waals surface area contributed by atoms with Crippen LogP contribution in [0.1, 0.15) is 42.8 Å². The Kier molecular flexibility index (Phi) is 5.34. The smallest absolute Gasteiger partial charge is 0.224 e. The molecule has 0 saturated carbocycles. The predicted octanol–water partition coefficient (Wildman–Crippen LogP) is 2.75. The van der Waals surface area contributed by atoms with Crippen LogP contribution in [0.5, 0.6) is 0 Å². The molecule has 1 amide bonds. The fourth-order valence-electron chi connectivity index (χ4n) is 4.13. The summed E-state index contributed by atoms with van der Waals surface area (Å²) in [7, 11) is 0. The maximum Gasteiger partial charge on any atom is 0.224 e. The molecule has 138 valence electrons. The van der Waals surface area contributed by atoms with Crippen molar-refractivity contribution in [3.63, 3.8) is 0 Å². The van der Waals surface area contributed by atoms with E-state index in [0.717, 1.165) is 51.1 Å².